The minimum absolute atomic E-state index is 0.119. The highest BCUT2D eigenvalue weighted by Crippen LogP contribution is 2.45. The molecule has 2 saturated heterocycles. The number of aromatic nitrogens is 1. The molecule has 2 aliphatic rings. The van der Waals surface area contributed by atoms with Crippen LogP contribution in [0.25, 0.3) is 0 Å². The van der Waals surface area contributed by atoms with Gasteiger partial charge in [-0.1, -0.05) is 6.07 Å². The van der Waals surface area contributed by atoms with Crippen LogP contribution in [0.3, 0.4) is 0 Å². The molecule has 3 rings (SSSR count). The number of ether oxygens (including phenoxy) is 2. The van der Waals surface area contributed by atoms with Crippen molar-refractivity contribution in [2.45, 2.75) is 19.3 Å². The van der Waals surface area contributed by atoms with Gasteiger partial charge in [0.15, 0.2) is 0 Å². The summed E-state index contributed by atoms with van der Waals surface area (Å²) >= 11 is 0. The molecule has 2 aliphatic heterocycles. The molecular formula is C16H24N2O4S. The largest absolute Gasteiger partial charge is 0.477 e. The Morgan fingerprint density at radius 3 is 2.78 bits per heavy atom. The van der Waals surface area contributed by atoms with E-state index < -0.39 is 10.0 Å². The lowest BCUT2D eigenvalue weighted by Gasteiger charge is -2.48. The van der Waals surface area contributed by atoms with Crippen LogP contribution in [0.15, 0.2) is 24.4 Å². The van der Waals surface area contributed by atoms with Crippen LogP contribution in [0.4, 0.5) is 0 Å². The van der Waals surface area contributed by atoms with Gasteiger partial charge in [-0.05, 0) is 30.7 Å². The Morgan fingerprint density at radius 1 is 1.35 bits per heavy atom. The van der Waals surface area contributed by atoms with E-state index in [0.29, 0.717) is 32.2 Å². The molecule has 0 unspecified atom stereocenters. The van der Waals surface area contributed by atoms with Gasteiger partial charge in [0.05, 0.1) is 19.5 Å². The zero-order chi connectivity index (χ0) is 16.3. The van der Waals surface area contributed by atoms with Crippen molar-refractivity contribution in [1.82, 2.24) is 9.29 Å². The van der Waals surface area contributed by atoms with Gasteiger partial charge in [-0.15, -0.1) is 0 Å². The summed E-state index contributed by atoms with van der Waals surface area (Å²) in [6.45, 7) is 3.18. The van der Waals surface area contributed by atoms with Crippen molar-refractivity contribution < 1.29 is 17.9 Å². The van der Waals surface area contributed by atoms with Gasteiger partial charge in [-0.3, -0.25) is 0 Å². The van der Waals surface area contributed by atoms with Crippen molar-refractivity contribution in [3.63, 3.8) is 0 Å². The molecule has 0 bridgehead atoms. The fourth-order valence-corrected chi connectivity index (χ4v) is 4.49. The molecule has 23 heavy (non-hydrogen) atoms. The second-order valence-electron chi connectivity index (χ2n) is 6.53. The average molecular weight is 340 g/mol. The monoisotopic (exact) mass is 340 g/mol. The molecule has 0 aromatic carbocycles. The van der Waals surface area contributed by atoms with E-state index in [0.717, 1.165) is 25.9 Å². The Hall–Kier alpha value is -1.18. The van der Waals surface area contributed by atoms with Crippen molar-refractivity contribution in [3.05, 3.63) is 24.4 Å². The van der Waals surface area contributed by atoms with Crippen molar-refractivity contribution >= 4 is 10.0 Å². The first-order valence-electron chi connectivity index (χ1n) is 8.06. The van der Waals surface area contributed by atoms with Gasteiger partial charge in [0, 0.05) is 37.9 Å². The molecule has 7 heteroatoms. The second-order valence-corrected chi connectivity index (χ2v) is 8.51. The smallest absolute Gasteiger partial charge is 0.213 e. The quantitative estimate of drug-likeness (QED) is 0.832. The van der Waals surface area contributed by atoms with Crippen LogP contribution in [0.5, 0.6) is 5.88 Å². The van der Waals surface area contributed by atoms with Gasteiger partial charge in [-0.25, -0.2) is 17.7 Å². The molecule has 0 saturated carbocycles. The van der Waals surface area contributed by atoms with Gasteiger partial charge in [-0.2, -0.15) is 0 Å². The zero-order valence-corrected chi connectivity index (χ0v) is 14.3. The van der Waals surface area contributed by atoms with Crippen LogP contribution < -0.4 is 4.74 Å². The van der Waals surface area contributed by atoms with Crippen LogP contribution in [0.2, 0.25) is 0 Å². The Morgan fingerprint density at radius 2 is 2.13 bits per heavy atom. The maximum absolute atomic E-state index is 11.7. The Labute approximate surface area is 137 Å². The number of hydrogen-bond acceptors (Lipinski definition) is 5. The van der Waals surface area contributed by atoms with Crippen LogP contribution in [0, 0.1) is 11.3 Å². The Kier molecular flexibility index (Phi) is 4.89. The van der Waals surface area contributed by atoms with Gasteiger partial charge >= 0.3 is 0 Å². The van der Waals surface area contributed by atoms with E-state index in [1.54, 1.807) is 10.5 Å². The summed E-state index contributed by atoms with van der Waals surface area (Å²) in [6.07, 6.45) is 5.73. The fraction of sp³-hybridized carbons (Fsp3) is 0.688. The van der Waals surface area contributed by atoms with E-state index in [-0.39, 0.29) is 11.3 Å². The summed E-state index contributed by atoms with van der Waals surface area (Å²) in [5, 5.41) is 0. The number of pyridine rings is 1. The minimum atomic E-state index is -3.09. The molecular weight excluding hydrogens is 316 g/mol. The molecule has 0 radical (unpaired) electrons. The van der Waals surface area contributed by atoms with Crippen molar-refractivity contribution in [3.8, 4) is 5.88 Å². The summed E-state index contributed by atoms with van der Waals surface area (Å²) in [5.41, 5.74) is 0.119. The highest BCUT2D eigenvalue weighted by molar-refractivity contribution is 7.88. The SMILES string of the molecule is CS(=O)(=O)N1CCC2(CCOC[C@H]2COc2ccccn2)CC1. The Balaban J connectivity index is 1.65. The van der Waals surface area contributed by atoms with Gasteiger partial charge in [0.2, 0.25) is 15.9 Å². The lowest BCUT2D eigenvalue weighted by Crippen LogP contribution is -2.50. The van der Waals surface area contributed by atoms with Crippen molar-refractivity contribution in [1.29, 1.82) is 0 Å². The fourth-order valence-electron chi connectivity index (χ4n) is 3.65. The van der Waals surface area contributed by atoms with E-state index in [2.05, 4.69) is 4.98 Å². The first-order valence-corrected chi connectivity index (χ1v) is 9.91. The van der Waals surface area contributed by atoms with E-state index in [1.807, 2.05) is 18.2 Å². The van der Waals surface area contributed by atoms with E-state index in [9.17, 15) is 8.42 Å². The maximum Gasteiger partial charge on any atom is 0.213 e. The Bertz CT molecular complexity index is 612. The average Bonchev–Trinajstić information content (AvgIpc) is 2.55. The van der Waals surface area contributed by atoms with Crippen molar-refractivity contribution in [2.24, 2.45) is 11.3 Å². The third-order valence-electron chi connectivity index (χ3n) is 5.19. The molecule has 0 aliphatic carbocycles. The third-order valence-corrected chi connectivity index (χ3v) is 6.49. The first-order chi connectivity index (χ1) is 11.0. The third kappa shape index (κ3) is 3.84. The highest BCUT2D eigenvalue weighted by atomic mass is 32.2. The number of rotatable bonds is 4. The lowest BCUT2D eigenvalue weighted by molar-refractivity contribution is -0.0790. The topological polar surface area (TPSA) is 68.7 Å². The molecule has 0 amide bonds. The van der Waals surface area contributed by atoms with Crippen LogP contribution >= 0.6 is 0 Å². The van der Waals surface area contributed by atoms with Crippen LogP contribution in [-0.2, 0) is 14.8 Å². The maximum atomic E-state index is 11.7. The molecule has 1 atom stereocenters. The number of piperidine rings is 1. The number of hydrogen-bond donors (Lipinski definition) is 0. The standard InChI is InChI=1S/C16H24N2O4S/c1-23(19,20)18-9-5-16(6-10-18)7-11-21-12-14(16)13-22-15-4-2-3-8-17-15/h2-4,8,14H,5-7,9-13H2,1H3/t14-/m0/s1. The molecule has 2 fully saturated rings. The predicted octanol–water partition coefficient (Wildman–Crippen LogP) is 1.54. The van der Waals surface area contributed by atoms with Crippen LogP contribution in [-0.4, -0.2) is 56.9 Å². The van der Waals surface area contributed by atoms with Gasteiger partial charge in [0.1, 0.15) is 0 Å². The van der Waals surface area contributed by atoms with E-state index in [1.165, 1.54) is 6.26 Å². The van der Waals surface area contributed by atoms with Crippen molar-refractivity contribution in [2.75, 3.05) is 39.2 Å². The highest BCUT2D eigenvalue weighted by Gasteiger charge is 2.45. The molecule has 3 heterocycles. The number of nitrogens with zero attached hydrogens (tertiary/aromatic N) is 2. The normalized spacial score (nSPS) is 25.3. The van der Waals surface area contributed by atoms with Gasteiger partial charge in [0.25, 0.3) is 0 Å². The molecule has 0 N–H and O–H groups in total. The summed E-state index contributed by atoms with van der Waals surface area (Å²) in [5.74, 6) is 0.904. The van der Waals surface area contributed by atoms with Gasteiger partial charge < -0.3 is 9.47 Å². The van der Waals surface area contributed by atoms with E-state index in [4.69, 9.17) is 9.47 Å². The molecule has 1 spiro atoms. The molecule has 1 aromatic heterocycles. The first kappa shape index (κ1) is 16.7. The summed E-state index contributed by atoms with van der Waals surface area (Å²) in [6, 6.07) is 5.61. The molecule has 1 aromatic rings. The summed E-state index contributed by atoms with van der Waals surface area (Å²) in [7, 11) is -3.09. The predicted molar refractivity (Wildman–Crippen MR) is 86.7 cm³/mol. The molecule has 128 valence electrons. The summed E-state index contributed by atoms with van der Waals surface area (Å²) < 4.78 is 36.5. The number of sulfonamides is 1. The van der Waals surface area contributed by atoms with E-state index >= 15 is 0 Å². The zero-order valence-electron chi connectivity index (χ0n) is 13.5. The lowest BCUT2D eigenvalue weighted by atomic mass is 9.66. The van der Waals surface area contributed by atoms with Crippen LogP contribution in [0.1, 0.15) is 19.3 Å². The second kappa shape index (κ2) is 6.75. The molecule has 6 nitrogen and oxygen atoms in total. The summed E-state index contributed by atoms with van der Waals surface area (Å²) in [4.78, 5) is 4.19. The minimum Gasteiger partial charge on any atom is -0.477 e.